The Bertz CT molecular complexity index is 370. The van der Waals surface area contributed by atoms with Gasteiger partial charge in [0.25, 0.3) is 0 Å². The minimum atomic E-state index is 0.419. The zero-order valence-electron chi connectivity index (χ0n) is 11.0. The van der Waals surface area contributed by atoms with Crippen LogP contribution in [0.2, 0.25) is 0 Å². The molecule has 0 aromatic carbocycles. The van der Waals surface area contributed by atoms with Gasteiger partial charge in [-0.3, -0.25) is 0 Å². The van der Waals surface area contributed by atoms with E-state index >= 15 is 0 Å². The van der Waals surface area contributed by atoms with Gasteiger partial charge in [0.2, 0.25) is 0 Å². The Kier molecular flexibility index (Phi) is 3.82. The summed E-state index contributed by atoms with van der Waals surface area (Å²) < 4.78 is 0. The molecule has 0 radical (unpaired) electrons. The molecule has 1 heterocycles. The van der Waals surface area contributed by atoms with Crippen molar-refractivity contribution in [1.82, 2.24) is 9.97 Å². The topological polar surface area (TPSA) is 49.8 Å². The Morgan fingerprint density at radius 3 is 2.41 bits per heavy atom. The Morgan fingerprint density at radius 2 is 1.82 bits per heavy atom. The van der Waals surface area contributed by atoms with Crippen LogP contribution in [-0.4, -0.2) is 23.1 Å². The fourth-order valence-corrected chi connectivity index (χ4v) is 2.52. The fourth-order valence-electron chi connectivity index (χ4n) is 2.52. The lowest BCUT2D eigenvalue weighted by atomic mass is 10.0. The third kappa shape index (κ3) is 2.68. The normalized spacial score (nSPS) is 16.5. The third-order valence-electron chi connectivity index (χ3n) is 3.39. The van der Waals surface area contributed by atoms with Gasteiger partial charge in [-0.05, 0) is 18.8 Å². The number of nitrogens with zero attached hydrogens (tertiary/aromatic N) is 2. The second-order valence-electron chi connectivity index (χ2n) is 5.01. The molecule has 4 nitrogen and oxygen atoms in total. The second kappa shape index (κ2) is 5.34. The van der Waals surface area contributed by atoms with Crippen molar-refractivity contribution < 1.29 is 0 Å². The summed E-state index contributed by atoms with van der Waals surface area (Å²) in [5.74, 6) is 2.37. The van der Waals surface area contributed by atoms with Gasteiger partial charge in [0.05, 0.1) is 0 Å². The highest BCUT2D eigenvalue weighted by atomic mass is 15.1. The molecule has 0 aliphatic heterocycles. The molecular formula is C13H22N4. The van der Waals surface area contributed by atoms with Gasteiger partial charge in [0.1, 0.15) is 18.0 Å². The molecule has 1 aliphatic rings. The number of aromatic nitrogens is 2. The molecule has 0 unspecified atom stereocenters. The number of nitrogens with one attached hydrogen (secondary N) is 2. The second-order valence-corrected chi connectivity index (χ2v) is 5.01. The zero-order chi connectivity index (χ0) is 12.3. The third-order valence-corrected chi connectivity index (χ3v) is 3.39. The summed E-state index contributed by atoms with van der Waals surface area (Å²) in [6.45, 7) is 4.36. The molecule has 0 atom stereocenters. The van der Waals surface area contributed by atoms with Crippen LogP contribution in [0.5, 0.6) is 0 Å². The van der Waals surface area contributed by atoms with Crippen LogP contribution in [0.4, 0.5) is 11.6 Å². The smallest absolute Gasteiger partial charge is 0.135 e. The fraction of sp³-hybridized carbons (Fsp3) is 0.692. The molecule has 17 heavy (non-hydrogen) atoms. The molecule has 1 aromatic rings. The van der Waals surface area contributed by atoms with Crippen LogP contribution < -0.4 is 10.6 Å². The van der Waals surface area contributed by atoms with Crippen LogP contribution in [0, 0.1) is 0 Å². The molecule has 1 fully saturated rings. The van der Waals surface area contributed by atoms with Crippen LogP contribution >= 0.6 is 0 Å². The summed E-state index contributed by atoms with van der Waals surface area (Å²) in [7, 11) is 1.91. The first-order chi connectivity index (χ1) is 8.22. The number of hydrogen-bond donors (Lipinski definition) is 2. The molecule has 2 rings (SSSR count). The maximum absolute atomic E-state index is 4.41. The van der Waals surface area contributed by atoms with Crippen molar-refractivity contribution in [2.45, 2.75) is 51.5 Å². The first-order valence-electron chi connectivity index (χ1n) is 6.51. The van der Waals surface area contributed by atoms with Crippen molar-refractivity contribution in [3.8, 4) is 0 Å². The summed E-state index contributed by atoms with van der Waals surface area (Å²) in [5, 5.41) is 6.73. The van der Waals surface area contributed by atoms with E-state index in [1.54, 1.807) is 6.33 Å². The van der Waals surface area contributed by atoms with Gasteiger partial charge < -0.3 is 10.6 Å². The Labute approximate surface area is 103 Å². The van der Waals surface area contributed by atoms with Crippen molar-refractivity contribution in [2.75, 3.05) is 17.7 Å². The van der Waals surface area contributed by atoms with E-state index in [4.69, 9.17) is 0 Å². The Hall–Kier alpha value is -1.32. The molecule has 0 bridgehead atoms. The Morgan fingerprint density at radius 1 is 1.18 bits per heavy atom. The summed E-state index contributed by atoms with van der Waals surface area (Å²) in [6.07, 6.45) is 6.82. The van der Waals surface area contributed by atoms with E-state index < -0.39 is 0 Å². The maximum atomic E-state index is 4.41. The van der Waals surface area contributed by atoms with Crippen LogP contribution in [0.25, 0.3) is 0 Å². The van der Waals surface area contributed by atoms with Crippen molar-refractivity contribution in [1.29, 1.82) is 0 Å². The summed E-state index contributed by atoms with van der Waals surface area (Å²) in [6, 6.07) is 0.590. The van der Waals surface area contributed by atoms with Gasteiger partial charge >= 0.3 is 0 Å². The van der Waals surface area contributed by atoms with Gasteiger partial charge in [-0.1, -0.05) is 26.7 Å². The van der Waals surface area contributed by atoms with Crippen LogP contribution in [0.15, 0.2) is 6.33 Å². The molecule has 1 saturated carbocycles. The van der Waals surface area contributed by atoms with E-state index in [0.29, 0.717) is 12.0 Å². The average molecular weight is 234 g/mol. The monoisotopic (exact) mass is 234 g/mol. The highest BCUT2D eigenvalue weighted by molar-refractivity contribution is 5.59. The van der Waals surface area contributed by atoms with Crippen molar-refractivity contribution in [2.24, 2.45) is 0 Å². The zero-order valence-corrected chi connectivity index (χ0v) is 11.0. The lowest BCUT2D eigenvalue weighted by Gasteiger charge is -2.19. The van der Waals surface area contributed by atoms with Gasteiger partial charge in [0, 0.05) is 18.7 Å². The van der Waals surface area contributed by atoms with Gasteiger partial charge in [0.15, 0.2) is 0 Å². The SMILES string of the molecule is CNc1ncnc(NC2CCCC2)c1C(C)C. The molecule has 2 N–H and O–H groups in total. The lowest BCUT2D eigenvalue weighted by molar-refractivity contribution is 0.740. The largest absolute Gasteiger partial charge is 0.373 e. The first-order valence-corrected chi connectivity index (χ1v) is 6.51. The van der Waals surface area contributed by atoms with E-state index in [0.717, 1.165) is 11.6 Å². The van der Waals surface area contributed by atoms with Gasteiger partial charge in [-0.2, -0.15) is 0 Å². The van der Waals surface area contributed by atoms with Gasteiger partial charge in [-0.25, -0.2) is 9.97 Å². The van der Waals surface area contributed by atoms with Crippen LogP contribution in [0.3, 0.4) is 0 Å². The van der Waals surface area contributed by atoms with Crippen molar-refractivity contribution in [3.05, 3.63) is 11.9 Å². The van der Waals surface area contributed by atoms with Crippen molar-refractivity contribution >= 4 is 11.6 Å². The first kappa shape index (κ1) is 12.1. The van der Waals surface area contributed by atoms with E-state index in [9.17, 15) is 0 Å². The standard InChI is InChI=1S/C13H22N4/c1-9(2)11-12(14-3)15-8-16-13(11)17-10-6-4-5-7-10/h8-10H,4-7H2,1-3H3,(H2,14,15,16,17). The van der Waals surface area contributed by atoms with Crippen LogP contribution in [0.1, 0.15) is 51.0 Å². The van der Waals surface area contributed by atoms with E-state index in [1.807, 2.05) is 7.05 Å². The van der Waals surface area contributed by atoms with E-state index in [1.165, 1.54) is 31.2 Å². The summed E-state index contributed by atoms with van der Waals surface area (Å²) >= 11 is 0. The lowest BCUT2D eigenvalue weighted by Crippen LogP contribution is -2.18. The molecular weight excluding hydrogens is 212 g/mol. The Balaban J connectivity index is 2.25. The molecule has 94 valence electrons. The highest BCUT2D eigenvalue weighted by Crippen LogP contribution is 2.30. The quantitative estimate of drug-likeness (QED) is 0.841. The predicted molar refractivity (Wildman–Crippen MR) is 71.5 cm³/mol. The van der Waals surface area contributed by atoms with Crippen LogP contribution in [-0.2, 0) is 0 Å². The predicted octanol–water partition coefficient (Wildman–Crippen LogP) is 3.00. The van der Waals surface area contributed by atoms with E-state index in [2.05, 4.69) is 34.4 Å². The minimum Gasteiger partial charge on any atom is -0.373 e. The molecule has 1 aromatic heterocycles. The van der Waals surface area contributed by atoms with E-state index in [-0.39, 0.29) is 0 Å². The van der Waals surface area contributed by atoms with Gasteiger partial charge in [-0.15, -0.1) is 0 Å². The molecule has 0 saturated heterocycles. The minimum absolute atomic E-state index is 0.419. The molecule has 4 heteroatoms. The molecule has 0 amide bonds. The highest BCUT2D eigenvalue weighted by Gasteiger charge is 2.19. The number of hydrogen-bond acceptors (Lipinski definition) is 4. The maximum Gasteiger partial charge on any atom is 0.135 e. The average Bonchev–Trinajstić information content (AvgIpc) is 2.81. The molecule has 0 spiro atoms. The molecule has 1 aliphatic carbocycles. The summed E-state index contributed by atoms with van der Waals surface area (Å²) in [4.78, 5) is 8.70. The number of anilines is 2. The van der Waals surface area contributed by atoms with Crippen molar-refractivity contribution in [3.63, 3.8) is 0 Å². The number of rotatable bonds is 4. The summed E-state index contributed by atoms with van der Waals surface area (Å²) in [5.41, 5.74) is 1.20.